The highest BCUT2D eigenvalue weighted by Gasteiger charge is 2.35. The topological polar surface area (TPSA) is 59.6 Å². The molecule has 6 heteroatoms. The van der Waals surface area contributed by atoms with E-state index in [0.717, 1.165) is 16.7 Å². The van der Waals surface area contributed by atoms with E-state index in [2.05, 4.69) is 59.9 Å². The number of ether oxygens (including phenoxy) is 1. The monoisotopic (exact) mass is 460 g/mol. The molecule has 0 aliphatic carbocycles. The normalized spacial score (nSPS) is 21.0. The van der Waals surface area contributed by atoms with Gasteiger partial charge in [-0.05, 0) is 41.0 Å². The maximum atomic E-state index is 11.0. The van der Waals surface area contributed by atoms with Gasteiger partial charge in [0.2, 0.25) is 0 Å². The van der Waals surface area contributed by atoms with Crippen molar-refractivity contribution in [1.29, 1.82) is 0 Å². The molecule has 0 bridgehead atoms. The molecule has 3 unspecified atom stereocenters. The van der Waals surface area contributed by atoms with Gasteiger partial charge in [-0.3, -0.25) is 0 Å². The highest BCUT2D eigenvalue weighted by atomic mass is 32.1. The third kappa shape index (κ3) is 4.66. The first-order valence-corrected chi connectivity index (χ1v) is 11.7. The minimum absolute atomic E-state index is 0.0812. The number of aliphatic hydroxyl groups is 1. The van der Waals surface area contributed by atoms with Crippen molar-refractivity contribution < 1.29 is 14.3 Å². The van der Waals surface area contributed by atoms with Crippen LogP contribution in [-0.4, -0.2) is 34.5 Å². The summed E-state index contributed by atoms with van der Waals surface area (Å²) in [6.45, 7) is 1.07. The standard InChI is InChI=1S/C27H28N2O3S/c1-29-22-13-12-18(14-24(22)32-27(29)33)16-28-21-17-31-25(15-23(21)30)26(19-8-4-2-5-9-19)20-10-6-3-7-11-20/h2-14,21,23,25-26,28,30H,15-17H2,1H3. The number of aryl methyl sites for hydroxylation is 1. The smallest absolute Gasteiger partial charge is 0.269 e. The molecule has 1 saturated heterocycles. The molecule has 2 heterocycles. The quantitative estimate of drug-likeness (QED) is 0.399. The molecule has 1 aliphatic rings. The molecular weight excluding hydrogens is 432 g/mol. The van der Waals surface area contributed by atoms with Crippen LogP contribution in [0.1, 0.15) is 29.0 Å². The number of hydrogen-bond donors (Lipinski definition) is 2. The van der Waals surface area contributed by atoms with E-state index >= 15 is 0 Å². The second kappa shape index (κ2) is 9.61. The number of aromatic nitrogens is 1. The Morgan fingerprint density at radius 2 is 1.70 bits per heavy atom. The van der Waals surface area contributed by atoms with Crippen molar-refractivity contribution in [2.75, 3.05) is 6.61 Å². The first-order valence-electron chi connectivity index (χ1n) is 11.3. The Kier molecular flexibility index (Phi) is 6.42. The minimum Gasteiger partial charge on any atom is -0.429 e. The van der Waals surface area contributed by atoms with Gasteiger partial charge in [-0.1, -0.05) is 66.7 Å². The van der Waals surface area contributed by atoms with Gasteiger partial charge >= 0.3 is 0 Å². The van der Waals surface area contributed by atoms with Crippen LogP contribution in [0, 0.1) is 4.84 Å². The summed E-state index contributed by atoms with van der Waals surface area (Å²) in [4.78, 5) is 0.462. The Hall–Kier alpha value is -2.77. The molecule has 1 aromatic heterocycles. The van der Waals surface area contributed by atoms with Gasteiger partial charge in [-0.25, -0.2) is 0 Å². The van der Waals surface area contributed by atoms with E-state index in [1.54, 1.807) is 0 Å². The highest BCUT2D eigenvalue weighted by Crippen LogP contribution is 2.34. The lowest BCUT2D eigenvalue weighted by molar-refractivity contribution is -0.0718. The van der Waals surface area contributed by atoms with Crippen LogP contribution in [0.2, 0.25) is 0 Å². The van der Waals surface area contributed by atoms with Crippen LogP contribution < -0.4 is 5.32 Å². The lowest BCUT2D eigenvalue weighted by Gasteiger charge is -2.38. The van der Waals surface area contributed by atoms with Crippen LogP contribution >= 0.6 is 12.2 Å². The molecule has 0 spiro atoms. The van der Waals surface area contributed by atoms with Crippen molar-refractivity contribution in [2.45, 2.75) is 37.1 Å². The predicted octanol–water partition coefficient (Wildman–Crippen LogP) is 4.94. The molecule has 3 aromatic carbocycles. The number of hydrogen-bond acceptors (Lipinski definition) is 5. The van der Waals surface area contributed by atoms with Crippen molar-refractivity contribution >= 4 is 23.3 Å². The summed E-state index contributed by atoms with van der Waals surface area (Å²) >= 11 is 5.21. The number of aliphatic hydroxyl groups excluding tert-OH is 1. The maximum Gasteiger partial charge on any atom is 0.269 e. The zero-order valence-corrected chi connectivity index (χ0v) is 19.4. The first kappa shape index (κ1) is 22.0. The fourth-order valence-electron chi connectivity index (χ4n) is 4.72. The Morgan fingerprint density at radius 1 is 1.03 bits per heavy atom. The van der Waals surface area contributed by atoms with Gasteiger partial charge in [0.05, 0.1) is 30.4 Å². The fourth-order valence-corrected chi connectivity index (χ4v) is 4.90. The molecule has 0 saturated carbocycles. The maximum absolute atomic E-state index is 11.0. The predicted molar refractivity (Wildman–Crippen MR) is 132 cm³/mol. The van der Waals surface area contributed by atoms with Crippen molar-refractivity contribution in [3.8, 4) is 0 Å². The van der Waals surface area contributed by atoms with Gasteiger partial charge in [0.15, 0.2) is 5.58 Å². The summed E-state index contributed by atoms with van der Waals surface area (Å²) in [5.74, 6) is 0.0812. The van der Waals surface area contributed by atoms with Crippen molar-refractivity contribution in [3.63, 3.8) is 0 Å². The number of nitrogens with one attached hydrogen (secondary N) is 1. The summed E-state index contributed by atoms with van der Waals surface area (Å²) in [5, 5.41) is 14.5. The molecule has 0 radical (unpaired) electrons. The number of benzene rings is 3. The molecule has 1 aliphatic heterocycles. The third-order valence-corrected chi connectivity index (χ3v) is 6.90. The molecule has 33 heavy (non-hydrogen) atoms. The number of oxazole rings is 1. The van der Waals surface area contributed by atoms with E-state index in [9.17, 15) is 5.11 Å². The van der Waals surface area contributed by atoms with E-state index in [4.69, 9.17) is 21.4 Å². The first-order chi connectivity index (χ1) is 16.1. The summed E-state index contributed by atoms with van der Waals surface area (Å²) in [7, 11) is 1.90. The number of rotatable bonds is 6. The Morgan fingerprint density at radius 3 is 2.33 bits per heavy atom. The van der Waals surface area contributed by atoms with Crippen molar-refractivity contribution in [1.82, 2.24) is 9.88 Å². The molecule has 3 atom stereocenters. The molecule has 5 rings (SSSR count). The lowest BCUT2D eigenvalue weighted by atomic mass is 9.82. The molecule has 170 valence electrons. The van der Waals surface area contributed by atoms with E-state index in [0.29, 0.717) is 24.4 Å². The SMILES string of the molecule is Cn1c(=S)oc2cc(CNC3COC(C(c4ccccc4)c4ccccc4)CC3O)ccc21. The molecular formula is C27H28N2O3S. The van der Waals surface area contributed by atoms with E-state index in [-0.39, 0.29) is 18.1 Å². The van der Waals surface area contributed by atoms with Gasteiger partial charge in [0.25, 0.3) is 4.84 Å². The van der Waals surface area contributed by atoms with Crippen LogP contribution in [0.15, 0.2) is 83.3 Å². The molecule has 4 aromatic rings. The Balaban J connectivity index is 1.27. The second-order valence-electron chi connectivity index (χ2n) is 8.69. The van der Waals surface area contributed by atoms with Crippen molar-refractivity contribution in [3.05, 3.63) is 100 Å². The molecule has 2 N–H and O–H groups in total. The number of nitrogens with zero attached hydrogens (tertiary/aromatic N) is 1. The van der Waals surface area contributed by atoms with Gasteiger partial charge in [-0.15, -0.1) is 0 Å². The van der Waals surface area contributed by atoms with Crippen LogP contribution in [0.4, 0.5) is 0 Å². The summed E-state index contributed by atoms with van der Waals surface area (Å²) in [6.07, 6.45) is -0.0192. The Labute approximate surface area is 198 Å². The lowest BCUT2D eigenvalue weighted by Crippen LogP contribution is -2.50. The average molecular weight is 461 g/mol. The van der Waals surface area contributed by atoms with Crippen LogP contribution in [0.5, 0.6) is 0 Å². The third-order valence-electron chi connectivity index (χ3n) is 6.54. The van der Waals surface area contributed by atoms with Crippen LogP contribution in [0.25, 0.3) is 11.1 Å². The summed E-state index contributed by atoms with van der Waals surface area (Å²) in [5.41, 5.74) is 5.23. The van der Waals surface area contributed by atoms with Gasteiger partial charge in [-0.2, -0.15) is 0 Å². The molecule has 0 amide bonds. The highest BCUT2D eigenvalue weighted by molar-refractivity contribution is 7.71. The largest absolute Gasteiger partial charge is 0.429 e. The summed E-state index contributed by atoms with van der Waals surface area (Å²) in [6, 6.07) is 26.7. The molecule has 1 fully saturated rings. The second-order valence-corrected chi connectivity index (χ2v) is 9.04. The van der Waals surface area contributed by atoms with E-state index in [1.165, 1.54) is 11.1 Å². The van der Waals surface area contributed by atoms with Gasteiger partial charge < -0.3 is 24.1 Å². The average Bonchev–Trinajstić information content (AvgIpc) is 3.13. The fraction of sp³-hybridized carbons (Fsp3) is 0.296. The summed E-state index contributed by atoms with van der Waals surface area (Å²) < 4.78 is 13.9. The van der Waals surface area contributed by atoms with Gasteiger partial charge in [0, 0.05) is 25.9 Å². The Bertz CT molecular complexity index is 1230. The van der Waals surface area contributed by atoms with Gasteiger partial charge in [0.1, 0.15) is 0 Å². The number of fused-ring (bicyclic) bond motifs is 1. The zero-order chi connectivity index (χ0) is 22.8. The van der Waals surface area contributed by atoms with Crippen LogP contribution in [-0.2, 0) is 18.3 Å². The van der Waals surface area contributed by atoms with Crippen molar-refractivity contribution in [2.24, 2.45) is 7.05 Å². The van der Waals surface area contributed by atoms with E-state index in [1.807, 2.05) is 35.9 Å². The van der Waals surface area contributed by atoms with E-state index < -0.39 is 6.10 Å². The minimum atomic E-state index is -0.497. The zero-order valence-electron chi connectivity index (χ0n) is 18.6. The van der Waals surface area contributed by atoms with Crippen LogP contribution in [0.3, 0.4) is 0 Å². The molecule has 5 nitrogen and oxygen atoms in total.